The Morgan fingerprint density at radius 1 is 1.05 bits per heavy atom. The summed E-state index contributed by atoms with van der Waals surface area (Å²) in [6, 6.07) is 9.99. The van der Waals surface area contributed by atoms with Gasteiger partial charge in [-0.15, -0.1) is 0 Å². The van der Waals surface area contributed by atoms with E-state index in [0.717, 1.165) is 30.0 Å². The summed E-state index contributed by atoms with van der Waals surface area (Å²) in [5.74, 6) is 2.57. The van der Waals surface area contributed by atoms with Crippen molar-refractivity contribution in [3.05, 3.63) is 35.9 Å². The van der Waals surface area contributed by atoms with Gasteiger partial charge in [0.05, 0.1) is 0 Å². The van der Waals surface area contributed by atoms with E-state index in [1.165, 1.54) is 0 Å². The van der Waals surface area contributed by atoms with Crippen LogP contribution in [0.15, 0.2) is 30.3 Å². The summed E-state index contributed by atoms with van der Waals surface area (Å²) in [5, 5.41) is 0. The number of hydrogen-bond acceptors (Lipinski definition) is 4. The molecule has 0 unspecified atom stereocenters. The Morgan fingerprint density at radius 2 is 1.67 bits per heavy atom. The van der Waals surface area contributed by atoms with Crippen LogP contribution in [-0.4, -0.2) is 42.8 Å². The van der Waals surface area contributed by atoms with Gasteiger partial charge in [0.1, 0.15) is 5.78 Å². The summed E-state index contributed by atoms with van der Waals surface area (Å²) in [6.45, 7) is 5.12. The third-order valence-corrected chi connectivity index (χ3v) is 5.10. The van der Waals surface area contributed by atoms with Crippen molar-refractivity contribution in [2.24, 2.45) is 0 Å². The number of hydrogen-bond donors (Lipinski definition) is 0. The van der Waals surface area contributed by atoms with Crippen molar-refractivity contribution in [1.29, 1.82) is 0 Å². The standard InChI is InChI=1S/C15H23NOS2.C2H6/c1-16(2)10-12-19-18-11-6-9-15(17)13-14-7-4-3-5-8-14;1-2/h3-5,7-8H,6,9-13H2,1-2H3;1-2H3. The molecule has 0 fully saturated rings. The first kappa shape index (κ1) is 20.6. The molecule has 0 saturated heterocycles. The van der Waals surface area contributed by atoms with Gasteiger partial charge in [0.2, 0.25) is 0 Å². The van der Waals surface area contributed by atoms with Gasteiger partial charge in [-0.3, -0.25) is 4.79 Å². The number of carbonyl (C=O) groups excluding carboxylic acids is 1. The molecule has 2 nitrogen and oxygen atoms in total. The van der Waals surface area contributed by atoms with Crippen molar-refractivity contribution in [2.75, 3.05) is 32.1 Å². The number of carbonyl (C=O) groups is 1. The normalized spacial score (nSPS) is 10.1. The smallest absolute Gasteiger partial charge is 0.137 e. The van der Waals surface area contributed by atoms with E-state index < -0.39 is 0 Å². The highest BCUT2D eigenvalue weighted by atomic mass is 33.1. The molecule has 1 aromatic rings. The minimum atomic E-state index is 0.352. The molecule has 0 aliphatic heterocycles. The zero-order chi connectivity index (χ0) is 15.9. The fourth-order valence-electron chi connectivity index (χ4n) is 1.58. The highest BCUT2D eigenvalue weighted by Gasteiger charge is 2.03. The minimum Gasteiger partial charge on any atom is -0.309 e. The molecule has 1 rings (SSSR count). The molecular weight excluding hydrogens is 298 g/mol. The number of ketones is 1. The predicted octanol–water partition coefficient (Wildman–Crippen LogP) is 4.55. The van der Waals surface area contributed by atoms with Crippen molar-refractivity contribution in [2.45, 2.75) is 33.1 Å². The van der Waals surface area contributed by atoms with Crippen LogP contribution in [0, 0.1) is 0 Å². The molecule has 0 atom stereocenters. The van der Waals surface area contributed by atoms with E-state index in [2.05, 4.69) is 19.0 Å². The molecule has 0 heterocycles. The van der Waals surface area contributed by atoms with E-state index in [1.54, 1.807) is 0 Å². The van der Waals surface area contributed by atoms with Crippen molar-refractivity contribution >= 4 is 27.4 Å². The molecule has 0 aliphatic carbocycles. The molecule has 1 aromatic carbocycles. The summed E-state index contributed by atoms with van der Waals surface area (Å²) in [6.07, 6.45) is 2.28. The van der Waals surface area contributed by atoms with E-state index in [0.29, 0.717) is 18.6 Å². The maximum atomic E-state index is 11.8. The number of nitrogens with zero attached hydrogens (tertiary/aromatic N) is 1. The average molecular weight is 328 g/mol. The van der Waals surface area contributed by atoms with Crippen molar-refractivity contribution in [3.8, 4) is 0 Å². The Hall–Kier alpha value is -0.450. The summed E-state index contributed by atoms with van der Waals surface area (Å²) < 4.78 is 0. The van der Waals surface area contributed by atoms with E-state index >= 15 is 0 Å². The lowest BCUT2D eigenvalue weighted by Crippen LogP contribution is -2.14. The first-order valence-electron chi connectivity index (χ1n) is 7.63. The maximum Gasteiger partial charge on any atom is 0.137 e. The molecular formula is C17H29NOS2. The Kier molecular flexibility index (Phi) is 14.2. The molecule has 0 aromatic heterocycles. The molecule has 4 heteroatoms. The topological polar surface area (TPSA) is 20.3 Å². The van der Waals surface area contributed by atoms with Crippen LogP contribution in [-0.2, 0) is 11.2 Å². The Balaban J connectivity index is 0.00000191. The zero-order valence-corrected chi connectivity index (χ0v) is 15.4. The minimum absolute atomic E-state index is 0.352. The Morgan fingerprint density at radius 3 is 2.29 bits per heavy atom. The van der Waals surface area contributed by atoms with Gasteiger partial charge in [-0.05, 0) is 26.1 Å². The summed E-state index contributed by atoms with van der Waals surface area (Å²) in [7, 11) is 7.96. The van der Waals surface area contributed by atoms with Crippen LogP contribution in [0.2, 0.25) is 0 Å². The predicted molar refractivity (Wildman–Crippen MR) is 99.2 cm³/mol. The monoisotopic (exact) mass is 327 g/mol. The SMILES string of the molecule is CC.CN(C)CCSSCCCC(=O)Cc1ccccc1. The van der Waals surface area contributed by atoms with Gasteiger partial charge < -0.3 is 4.90 Å². The van der Waals surface area contributed by atoms with Gasteiger partial charge in [0.15, 0.2) is 0 Å². The average Bonchev–Trinajstić information content (AvgIpc) is 2.49. The lowest BCUT2D eigenvalue weighted by Gasteiger charge is -2.07. The maximum absolute atomic E-state index is 11.8. The highest BCUT2D eigenvalue weighted by molar-refractivity contribution is 8.76. The first-order valence-corrected chi connectivity index (χ1v) is 10.1. The van der Waals surface area contributed by atoms with Gasteiger partial charge in [-0.2, -0.15) is 0 Å². The van der Waals surface area contributed by atoms with Gasteiger partial charge in [0, 0.05) is 30.9 Å². The van der Waals surface area contributed by atoms with E-state index in [-0.39, 0.29) is 0 Å². The molecule has 0 amide bonds. The number of Topliss-reactive ketones (excluding diaryl/α,β-unsaturated/α-hetero) is 1. The van der Waals surface area contributed by atoms with Crippen molar-refractivity contribution in [3.63, 3.8) is 0 Å². The molecule has 0 aliphatic rings. The van der Waals surface area contributed by atoms with Gasteiger partial charge in [-0.25, -0.2) is 0 Å². The third kappa shape index (κ3) is 13.0. The number of benzene rings is 1. The summed E-state index contributed by atoms with van der Waals surface area (Å²) in [5.41, 5.74) is 1.13. The Bertz CT molecular complexity index is 355. The van der Waals surface area contributed by atoms with Crippen LogP contribution in [0.25, 0.3) is 0 Å². The van der Waals surface area contributed by atoms with Crippen LogP contribution in [0.3, 0.4) is 0 Å². The third-order valence-electron chi connectivity index (χ3n) is 2.63. The van der Waals surface area contributed by atoms with Gasteiger partial charge in [0.25, 0.3) is 0 Å². The second-order valence-electron chi connectivity index (χ2n) is 4.75. The summed E-state index contributed by atoms with van der Waals surface area (Å²) >= 11 is 0. The lowest BCUT2D eigenvalue weighted by molar-refractivity contribution is -0.118. The fraction of sp³-hybridized carbons (Fsp3) is 0.588. The molecule has 21 heavy (non-hydrogen) atoms. The van der Waals surface area contributed by atoms with Crippen LogP contribution in [0.4, 0.5) is 0 Å². The Labute approximate surface area is 138 Å². The largest absolute Gasteiger partial charge is 0.309 e. The zero-order valence-electron chi connectivity index (χ0n) is 13.8. The highest BCUT2D eigenvalue weighted by Crippen LogP contribution is 2.22. The van der Waals surface area contributed by atoms with E-state index in [9.17, 15) is 4.79 Å². The fourth-order valence-corrected chi connectivity index (χ4v) is 3.80. The number of rotatable bonds is 10. The molecule has 0 spiro atoms. The van der Waals surface area contributed by atoms with Crippen LogP contribution in [0.5, 0.6) is 0 Å². The lowest BCUT2D eigenvalue weighted by atomic mass is 10.1. The second kappa shape index (κ2) is 14.5. The van der Waals surface area contributed by atoms with Crippen molar-refractivity contribution < 1.29 is 4.79 Å². The van der Waals surface area contributed by atoms with Crippen LogP contribution < -0.4 is 0 Å². The van der Waals surface area contributed by atoms with Crippen LogP contribution >= 0.6 is 21.6 Å². The van der Waals surface area contributed by atoms with E-state index in [1.807, 2.05) is 65.8 Å². The van der Waals surface area contributed by atoms with Crippen molar-refractivity contribution in [1.82, 2.24) is 4.90 Å². The molecule has 120 valence electrons. The molecule has 0 N–H and O–H groups in total. The molecule has 0 radical (unpaired) electrons. The van der Waals surface area contributed by atoms with Gasteiger partial charge in [-0.1, -0.05) is 65.8 Å². The van der Waals surface area contributed by atoms with Crippen LogP contribution in [0.1, 0.15) is 32.3 Å². The first-order chi connectivity index (χ1) is 10.2. The summed E-state index contributed by atoms with van der Waals surface area (Å²) in [4.78, 5) is 14.0. The second-order valence-corrected chi connectivity index (χ2v) is 7.45. The van der Waals surface area contributed by atoms with Gasteiger partial charge >= 0.3 is 0 Å². The quantitative estimate of drug-likeness (QED) is 0.464. The van der Waals surface area contributed by atoms with E-state index in [4.69, 9.17) is 0 Å². The molecule has 0 saturated carbocycles. The molecule has 0 bridgehead atoms.